The molecule has 0 aromatic carbocycles. The Bertz CT molecular complexity index is 269. The second-order valence-corrected chi connectivity index (χ2v) is 5.29. The van der Waals surface area contributed by atoms with Crippen molar-refractivity contribution in [2.45, 2.75) is 13.0 Å². The van der Waals surface area contributed by atoms with Gasteiger partial charge in [0, 0.05) is 25.4 Å². The highest BCUT2D eigenvalue weighted by molar-refractivity contribution is 7.99. The van der Waals surface area contributed by atoms with Crippen LogP contribution in [0.2, 0.25) is 0 Å². The van der Waals surface area contributed by atoms with Crippen LogP contribution in [0.25, 0.3) is 0 Å². The van der Waals surface area contributed by atoms with E-state index in [1.165, 1.54) is 31.0 Å². The molecule has 2 rings (SSSR count). The smallest absolute Gasteiger partial charge is 0.117 e. The van der Waals surface area contributed by atoms with Gasteiger partial charge in [-0.15, -0.1) is 0 Å². The molecule has 1 N–H and O–H groups in total. The molecule has 0 saturated carbocycles. The van der Waals surface area contributed by atoms with Crippen molar-refractivity contribution in [1.82, 2.24) is 10.2 Å². The standard InChI is InChI=1S/C12H20N2OS/c1-3-12(15-8-1)11-13-4-6-14-5-2-9-16-10-7-14/h1,3,8,13H,2,4-7,9-11H2. The van der Waals surface area contributed by atoms with Crippen molar-refractivity contribution in [1.29, 1.82) is 0 Å². The normalized spacial score (nSPS) is 18.5. The number of nitrogens with zero attached hydrogens (tertiary/aromatic N) is 1. The number of hydrogen-bond acceptors (Lipinski definition) is 4. The van der Waals surface area contributed by atoms with E-state index in [0.717, 1.165) is 25.4 Å². The average molecular weight is 240 g/mol. The van der Waals surface area contributed by atoms with Gasteiger partial charge in [0.05, 0.1) is 12.8 Å². The summed E-state index contributed by atoms with van der Waals surface area (Å²) in [5.74, 6) is 3.64. The van der Waals surface area contributed by atoms with Crippen molar-refractivity contribution in [2.75, 3.05) is 37.7 Å². The summed E-state index contributed by atoms with van der Waals surface area (Å²) in [6.07, 6.45) is 3.06. The second-order valence-electron chi connectivity index (χ2n) is 4.06. The molecule has 0 amide bonds. The van der Waals surface area contributed by atoms with Crippen LogP contribution in [-0.4, -0.2) is 42.6 Å². The van der Waals surface area contributed by atoms with E-state index in [0.29, 0.717) is 0 Å². The van der Waals surface area contributed by atoms with Crippen LogP contribution in [-0.2, 0) is 6.54 Å². The van der Waals surface area contributed by atoms with Gasteiger partial charge in [0.15, 0.2) is 0 Å². The van der Waals surface area contributed by atoms with Gasteiger partial charge in [-0.05, 0) is 30.9 Å². The molecule has 1 fully saturated rings. The van der Waals surface area contributed by atoms with Crippen LogP contribution in [0, 0.1) is 0 Å². The highest BCUT2D eigenvalue weighted by atomic mass is 32.2. The molecule has 0 bridgehead atoms. The van der Waals surface area contributed by atoms with Gasteiger partial charge in [-0.1, -0.05) is 0 Å². The maximum atomic E-state index is 5.27. The lowest BCUT2D eigenvalue weighted by molar-refractivity contribution is 0.292. The van der Waals surface area contributed by atoms with E-state index in [-0.39, 0.29) is 0 Å². The van der Waals surface area contributed by atoms with E-state index in [1.807, 2.05) is 12.1 Å². The Hall–Kier alpha value is -0.450. The number of nitrogens with one attached hydrogen (secondary N) is 1. The summed E-state index contributed by atoms with van der Waals surface area (Å²) in [6.45, 7) is 5.55. The first kappa shape index (κ1) is 12.0. The highest BCUT2D eigenvalue weighted by Gasteiger charge is 2.07. The van der Waals surface area contributed by atoms with Gasteiger partial charge >= 0.3 is 0 Å². The predicted molar refractivity (Wildman–Crippen MR) is 68.8 cm³/mol. The first-order valence-corrected chi connectivity index (χ1v) is 7.14. The Balaban J connectivity index is 1.56. The predicted octanol–water partition coefficient (Wildman–Crippen LogP) is 1.81. The number of thioether (sulfide) groups is 1. The summed E-state index contributed by atoms with van der Waals surface area (Å²) in [5.41, 5.74) is 0. The lowest BCUT2D eigenvalue weighted by Gasteiger charge is -2.19. The number of hydrogen-bond donors (Lipinski definition) is 1. The van der Waals surface area contributed by atoms with E-state index < -0.39 is 0 Å². The molecular formula is C12H20N2OS. The summed E-state index contributed by atoms with van der Waals surface area (Å²) < 4.78 is 5.27. The van der Waals surface area contributed by atoms with Crippen LogP contribution < -0.4 is 5.32 Å². The molecule has 0 spiro atoms. The number of rotatable bonds is 5. The SMILES string of the molecule is c1coc(CNCCN2CCCSCC2)c1. The summed E-state index contributed by atoms with van der Waals surface area (Å²) in [5, 5.41) is 3.41. The summed E-state index contributed by atoms with van der Waals surface area (Å²) in [4.78, 5) is 2.55. The Kier molecular flexibility index (Phi) is 5.25. The highest BCUT2D eigenvalue weighted by Crippen LogP contribution is 2.09. The van der Waals surface area contributed by atoms with Gasteiger partial charge in [0.2, 0.25) is 0 Å². The van der Waals surface area contributed by atoms with Crippen LogP contribution in [0.5, 0.6) is 0 Å². The van der Waals surface area contributed by atoms with E-state index in [1.54, 1.807) is 6.26 Å². The molecule has 1 aromatic heterocycles. The van der Waals surface area contributed by atoms with Crippen molar-refractivity contribution < 1.29 is 4.42 Å². The topological polar surface area (TPSA) is 28.4 Å². The molecule has 0 unspecified atom stereocenters. The molecule has 16 heavy (non-hydrogen) atoms. The quantitative estimate of drug-likeness (QED) is 0.795. The summed E-state index contributed by atoms with van der Waals surface area (Å²) in [7, 11) is 0. The van der Waals surface area contributed by atoms with Crippen molar-refractivity contribution in [2.24, 2.45) is 0 Å². The Labute approximate surface area is 102 Å². The Morgan fingerprint density at radius 1 is 1.38 bits per heavy atom. The molecule has 1 saturated heterocycles. The minimum atomic E-state index is 0.843. The van der Waals surface area contributed by atoms with Gasteiger partial charge < -0.3 is 14.6 Å². The molecule has 0 aliphatic carbocycles. The molecule has 0 radical (unpaired) electrons. The van der Waals surface area contributed by atoms with Gasteiger partial charge in [-0.3, -0.25) is 0 Å². The maximum Gasteiger partial charge on any atom is 0.117 e. The molecule has 0 atom stereocenters. The van der Waals surface area contributed by atoms with Crippen molar-refractivity contribution in [3.63, 3.8) is 0 Å². The number of furan rings is 1. The molecule has 1 aromatic rings. The Morgan fingerprint density at radius 3 is 3.25 bits per heavy atom. The fraction of sp³-hybridized carbons (Fsp3) is 0.667. The Morgan fingerprint density at radius 2 is 2.38 bits per heavy atom. The molecule has 1 aliphatic heterocycles. The van der Waals surface area contributed by atoms with Crippen LogP contribution in [0.15, 0.2) is 22.8 Å². The van der Waals surface area contributed by atoms with E-state index in [4.69, 9.17) is 4.42 Å². The van der Waals surface area contributed by atoms with Gasteiger partial charge in [0.1, 0.15) is 5.76 Å². The fourth-order valence-electron chi connectivity index (χ4n) is 1.88. The zero-order chi connectivity index (χ0) is 11.1. The minimum Gasteiger partial charge on any atom is -0.468 e. The summed E-state index contributed by atoms with van der Waals surface area (Å²) in [6, 6.07) is 3.94. The van der Waals surface area contributed by atoms with Crippen molar-refractivity contribution >= 4 is 11.8 Å². The molecule has 2 heterocycles. The van der Waals surface area contributed by atoms with Gasteiger partial charge in [0.25, 0.3) is 0 Å². The fourth-order valence-corrected chi connectivity index (χ4v) is 2.81. The third-order valence-corrected chi connectivity index (χ3v) is 3.85. The van der Waals surface area contributed by atoms with Crippen LogP contribution in [0.4, 0.5) is 0 Å². The van der Waals surface area contributed by atoms with Gasteiger partial charge in [-0.2, -0.15) is 11.8 Å². The van der Waals surface area contributed by atoms with Gasteiger partial charge in [-0.25, -0.2) is 0 Å². The summed E-state index contributed by atoms with van der Waals surface area (Å²) >= 11 is 2.08. The maximum absolute atomic E-state index is 5.27. The third-order valence-electron chi connectivity index (χ3n) is 2.80. The largest absolute Gasteiger partial charge is 0.468 e. The molecule has 4 heteroatoms. The molecule has 90 valence electrons. The van der Waals surface area contributed by atoms with E-state index in [2.05, 4.69) is 22.0 Å². The first-order chi connectivity index (χ1) is 7.95. The molecule has 3 nitrogen and oxygen atoms in total. The lowest BCUT2D eigenvalue weighted by atomic mass is 10.4. The van der Waals surface area contributed by atoms with Crippen LogP contribution in [0.3, 0.4) is 0 Å². The van der Waals surface area contributed by atoms with E-state index in [9.17, 15) is 0 Å². The minimum absolute atomic E-state index is 0.843. The third kappa shape index (κ3) is 4.20. The van der Waals surface area contributed by atoms with Crippen molar-refractivity contribution in [3.8, 4) is 0 Å². The zero-order valence-corrected chi connectivity index (χ0v) is 10.5. The first-order valence-electron chi connectivity index (χ1n) is 5.98. The molecular weight excluding hydrogens is 220 g/mol. The van der Waals surface area contributed by atoms with Crippen LogP contribution >= 0.6 is 11.8 Å². The molecule has 1 aliphatic rings. The van der Waals surface area contributed by atoms with E-state index >= 15 is 0 Å². The van der Waals surface area contributed by atoms with Crippen LogP contribution in [0.1, 0.15) is 12.2 Å². The average Bonchev–Trinajstić information content (AvgIpc) is 2.68. The zero-order valence-electron chi connectivity index (χ0n) is 9.65. The lowest BCUT2D eigenvalue weighted by Crippen LogP contribution is -2.33. The second kappa shape index (κ2) is 6.99. The monoisotopic (exact) mass is 240 g/mol. The van der Waals surface area contributed by atoms with Crippen molar-refractivity contribution in [3.05, 3.63) is 24.2 Å².